The van der Waals surface area contributed by atoms with Crippen molar-refractivity contribution in [2.75, 3.05) is 32.5 Å². The molecule has 2 N–H and O–H groups in total. The maximum absolute atomic E-state index is 12.2. The zero-order valence-electron chi connectivity index (χ0n) is 14.7. The van der Waals surface area contributed by atoms with Gasteiger partial charge in [0.25, 0.3) is 0 Å². The maximum Gasteiger partial charge on any atom is 0.191 e. The minimum absolute atomic E-state index is 0. The Morgan fingerprint density at radius 3 is 2.38 bits per heavy atom. The van der Waals surface area contributed by atoms with Crippen molar-refractivity contribution in [2.45, 2.75) is 31.3 Å². The standard InChI is InChI=1S/C16H27N3O3S.HI/c1-5-17-15(19-13-16(2,3)22-4)18-11-12-23(20,21)14-9-7-6-8-10-14;/h6-10H,5,11-13H2,1-4H3,(H2,17,18,19);1H. The fourth-order valence-electron chi connectivity index (χ4n) is 1.73. The van der Waals surface area contributed by atoms with Gasteiger partial charge in [-0.15, -0.1) is 24.0 Å². The maximum atomic E-state index is 12.2. The summed E-state index contributed by atoms with van der Waals surface area (Å²) >= 11 is 0. The Labute approximate surface area is 162 Å². The highest BCUT2D eigenvalue weighted by molar-refractivity contribution is 14.0. The second-order valence-electron chi connectivity index (χ2n) is 5.72. The second-order valence-corrected chi connectivity index (χ2v) is 7.83. The number of hydrogen-bond donors (Lipinski definition) is 2. The topological polar surface area (TPSA) is 79.8 Å². The second kappa shape index (κ2) is 10.9. The smallest absolute Gasteiger partial charge is 0.191 e. The van der Waals surface area contributed by atoms with Crippen LogP contribution in [-0.4, -0.2) is 52.5 Å². The molecule has 0 aliphatic heterocycles. The van der Waals surface area contributed by atoms with Crippen LogP contribution in [0.5, 0.6) is 0 Å². The first kappa shape index (κ1) is 23.1. The van der Waals surface area contributed by atoms with Crippen LogP contribution in [0.3, 0.4) is 0 Å². The SMILES string of the molecule is CCNC(=NCC(C)(C)OC)NCCS(=O)(=O)c1ccccc1.I. The Morgan fingerprint density at radius 2 is 1.83 bits per heavy atom. The van der Waals surface area contributed by atoms with Gasteiger partial charge >= 0.3 is 0 Å². The van der Waals surface area contributed by atoms with Crippen LogP contribution in [0.15, 0.2) is 40.2 Å². The van der Waals surface area contributed by atoms with Crippen LogP contribution in [0.2, 0.25) is 0 Å². The number of methoxy groups -OCH3 is 1. The van der Waals surface area contributed by atoms with Crippen LogP contribution in [0.4, 0.5) is 0 Å². The first-order valence-corrected chi connectivity index (χ1v) is 9.31. The predicted molar refractivity (Wildman–Crippen MR) is 109 cm³/mol. The largest absolute Gasteiger partial charge is 0.377 e. The van der Waals surface area contributed by atoms with Crippen LogP contribution < -0.4 is 10.6 Å². The van der Waals surface area contributed by atoms with Crippen LogP contribution in [0.1, 0.15) is 20.8 Å². The molecular formula is C16H28IN3O3S. The van der Waals surface area contributed by atoms with Gasteiger partial charge in [-0.05, 0) is 32.9 Å². The molecule has 0 aromatic heterocycles. The summed E-state index contributed by atoms with van der Waals surface area (Å²) in [6.07, 6.45) is 0. The van der Waals surface area contributed by atoms with Gasteiger partial charge in [-0.2, -0.15) is 0 Å². The molecule has 1 aromatic carbocycles. The normalized spacial score (nSPS) is 12.4. The van der Waals surface area contributed by atoms with Gasteiger partial charge in [0.2, 0.25) is 0 Å². The van der Waals surface area contributed by atoms with Crippen LogP contribution in [0, 0.1) is 0 Å². The molecule has 0 saturated carbocycles. The third kappa shape index (κ3) is 8.29. The van der Waals surface area contributed by atoms with E-state index in [0.717, 1.165) is 0 Å². The van der Waals surface area contributed by atoms with Gasteiger partial charge in [0.1, 0.15) is 0 Å². The number of hydrogen-bond acceptors (Lipinski definition) is 4. The summed E-state index contributed by atoms with van der Waals surface area (Å²) in [5.74, 6) is 0.593. The van der Waals surface area contributed by atoms with Crippen molar-refractivity contribution in [1.29, 1.82) is 0 Å². The predicted octanol–water partition coefficient (Wildman–Crippen LogP) is 2.06. The number of aliphatic imine (C=N–C) groups is 1. The highest BCUT2D eigenvalue weighted by Crippen LogP contribution is 2.09. The van der Waals surface area contributed by atoms with Gasteiger partial charge in [0, 0.05) is 20.2 Å². The Hall–Kier alpha value is -0.870. The van der Waals surface area contributed by atoms with Gasteiger partial charge in [-0.25, -0.2) is 8.42 Å². The molecule has 0 amide bonds. The Kier molecular flexibility index (Phi) is 10.5. The monoisotopic (exact) mass is 469 g/mol. The molecule has 0 unspecified atom stereocenters. The number of nitrogens with one attached hydrogen (secondary N) is 2. The molecule has 1 aromatic rings. The third-order valence-corrected chi connectivity index (χ3v) is 5.01. The molecule has 0 aliphatic rings. The molecule has 1 rings (SSSR count). The Morgan fingerprint density at radius 1 is 1.21 bits per heavy atom. The molecule has 0 spiro atoms. The van der Waals surface area contributed by atoms with E-state index < -0.39 is 9.84 Å². The zero-order valence-corrected chi connectivity index (χ0v) is 17.9. The molecule has 0 atom stereocenters. The van der Waals surface area contributed by atoms with Crippen LogP contribution >= 0.6 is 24.0 Å². The van der Waals surface area contributed by atoms with Crippen molar-refractivity contribution < 1.29 is 13.2 Å². The molecule has 0 radical (unpaired) electrons. The minimum Gasteiger partial charge on any atom is -0.377 e. The molecule has 6 nitrogen and oxygen atoms in total. The third-order valence-electron chi connectivity index (χ3n) is 3.28. The summed E-state index contributed by atoms with van der Waals surface area (Å²) in [7, 11) is -1.65. The van der Waals surface area contributed by atoms with Gasteiger partial charge in [0.05, 0.1) is 22.8 Å². The van der Waals surface area contributed by atoms with E-state index in [9.17, 15) is 8.42 Å². The molecule has 24 heavy (non-hydrogen) atoms. The number of guanidine groups is 1. The van der Waals surface area contributed by atoms with Crippen molar-refractivity contribution in [2.24, 2.45) is 4.99 Å². The molecular weight excluding hydrogens is 441 g/mol. The highest BCUT2D eigenvalue weighted by Gasteiger charge is 2.16. The number of nitrogens with zero attached hydrogens (tertiary/aromatic N) is 1. The number of benzene rings is 1. The summed E-state index contributed by atoms with van der Waals surface area (Å²) in [4.78, 5) is 4.76. The first-order chi connectivity index (χ1) is 10.8. The Bertz CT molecular complexity index is 604. The molecule has 0 fully saturated rings. The van der Waals surface area contributed by atoms with Crippen molar-refractivity contribution in [1.82, 2.24) is 10.6 Å². The molecule has 138 valence electrons. The van der Waals surface area contributed by atoms with E-state index in [-0.39, 0.29) is 41.9 Å². The Balaban J connectivity index is 0.00000529. The number of sulfone groups is 1. The average Bonchev–Trinajstić information content (AvgIpc) is 2.53. The number of ether oxygens (including phenoxy) is 1. The van der Waals surface area contributed by atoms with E-state index in [4.69, 9.17) is 4.74 Å². The minimum atomic E-state index is -3.29. The summed E-state index contributed by atoms with van der Waals surface area (Å²) in [6.45, 7) is 7.31. The number of halogens is 1. The molecule has 0 heterocycles. The van der Waals surface area contributed by atoms with Crippen molar-refractivity contribution in [3.8, 4) is 0 Å². The lowest BCUT2D eigenvalue weighted by molar-refractivity contribution is 0.0310. The summed E-state index contributed by atoms with van der Waals surface area (Å²) in [6, 6.07) is 8.45. The first-order valence-electron chi connectivity index (χ1n) is 7.66. The average molecular weight is 469 g/mol. The summed E-state index contributed by atoms with van der Waals surface area (Å²) in [5, 5.41) is 6.14. The van der Waals surface area contributed by atoms with E-state index in [1.165, 1.54) is 0 Å². The van der Waals surface area contributed by atoms with E-state index in [1.54, 1.807) is 37.4 Å². The zero-order chi connectivity index (χ0) is 17.3. The van der Waals surface area contributed by atoms with E-state index in [1.807, 2.05) is 20.8 Å². The number of rotatable bonds is 8. The molecule has 8 heteroatoms. The fraction of sp³-hybridized carbons (Fsp3) is 0.562. The van der Waals surface area contributed by atoms with Crippen molar-refractivity contribution in [3.05, 3.63) is 30.3 Å². The molecule has 0 bridgehead atoms. The highest BCUT2D eigenvalue weighted by atomic mass is 127. The van der Waals surface area contributed by atoms with Crippen molar-refractivity contribution in [3.63, 3.8) is 0 Å². The molecule has 0 saturated heterocycles. The summed E-state index contributed by atoms with van der Waals surface area (Å²) < 4.78 is 29.8. The fourth-order valence-corrected chi connectivity index (χ4v) is 2.90. The van der Waals surface area contributed by atoms with Crippen LogP contribution in [0.25, 0.3) is 0 Å². The lowest BCUT2D eigenvalue weighted by atomic mass is 10.1. The van der Waals surface area contributed by atoms with Gasteiger partial charge in [-0.1, -0.05) is 18.2 Å². The van der Waals surface area contributed by atoms with Gasteiger partial charge in [-0.3, -0.25) is 4.99 Å². The van der Waals surface area contributed by atoms with Gasteiger partial charge < -0.3 is 15.4 Å². The van der Waals surface area contributed by atoms with Crippen molar-refractivity contribution >= 4 is 39.8 Å². The van der Waals surface area contributed by atoms with E-state index in [0.29, 0.717) is 23.9 Å². The van der Waals surface area contributed by atoms with E-state index in [2.05, 4.69) is 15.6 Å². The quantitative estimate of drug-likeness (QED) is 0.346. The lowest BCUT2D eigenvalue weighted by Crippen LogP contribution is -2.41. The lowest BCUT2D eigenvalue weighted by Gasteiger charge is -2.21. The molecule has 0 aliphatic carbocycles. The summed E-state index contributed by atoms with van der Waals surface area (Å²) in [5.41, 5.74) is -0.363. The van der Waals surface area contributed by atoms with Crippen LogP contribution in [-0.2, 0) is 14.6 Å². The van der Waals surface area contributed by atoms with Gasteiger partial charge in [0.15, 0.2) is 15.8 Å². The van der Waals surface area contributed by atoms with E-state index >= 15 is 0 Å².